The average Bonchev–Trinajstić information content (AvgIpc) is 2.42. The van der Waals surface area contributed by atoms with Crippen molar-refractivity contribution in [3.05, 3.63) is 0 Å². The molecule has 2 N–H and O–H groups in total. The van der Waals surface area contributed by atoms with Gasteiger partial charge in [0, 0.05) is 43.5 Å². The Kier molecular flexibility index (Phi) is 11.9. The Labute approximate surface area is 136 Å². The molecule has 0 saturated carbocycles. The molecule has 0 rings (SSSR count). The van der Waals surface area contributed by atoms with Crippen molar-refractivity contribution < 1.29 is 14.3 Å². The third-order valence-electron chi connectivity index (χ3n) is 2.43. The first kappa shape index (κ1) is 20.6. The molecule has 0 aromatic heterocycles. The largest absolute Gasteiger partial charge is 0.381 e. The van der Waals surface area contributed by atoms with Gasteiger partial charge in [0.25, 0.3) is 0 Å². The molecule has 0 fully saturated rings. The lowest BCUT2D eigenvalue weighted by Crippen LogP contribution is -2.36. The first-order valence-corrected chi connectivity index (χ1v) is 9.59. The lowest BCUT2D eigenvalue weighted by Gasteiger charge is -2.23. The molecular weight excluding hydrogens is 308 g/mol. The zero-order valence-corrected chi connectivity index (χ0v) is 15.1. The first-order valence-electron chi connectivity index (χ1n) is 7.27. The van der Waals surface area contributed by atoms with Crippen molar-refractivity contribution in [3.63, 3.8) is 0 Å². The van der Waals surface area contributed by atoms with E-state index in [9.17, 15) is 9.59 Å². The zero-order valence-electron chi connectivity index (χ0n) is 13.5. The van der Waals surface area contributed by atoms with Gasteiger partial charge in [0.15, 0.2) is 0 Å². The van der Waals surface area contributed by atoms with Crippen molar-refractivity contribution in [2.45, 2.75) is 45.3 Å². The van der Waals surface area contributed by atoms with Gasteiger partial charge in [-0.3, -0.25) is 9.59 Å². The first-order chi connectivity index (χ1) is 9.87. The Bertz CT molecular complexity index is 313. The van der Waals surface area contributed by atoms with Crippen LogP contribution < -0.4 is 10.6 Å². The molecule has 2 amide bonds. The van der Waals surface area contributed by atoms with Crippen molar-refractivity contribution in [1.29, 1.82) is 0 Å². The number of rotatable bonds is 12. The molecule has 0 aromatic rings. The number of hydrogen-bond acceptors (Lipinski definition) is 5. The molecule has 0 aliphatic rings. The van der Waals surface area contributed by atoms with Gasteiger partial charge in [-0.15, -0.1) is 0 Å². The van der Waals surface area contributed by atoms with E-state index in [1.54, 1.807) is 10.8 Å². The smallest absolute Gasteiger partial charge is 0.222 e. The summed E-state index contributed by atoms with van der Waals surface area (Å²) in [6.07, 6.45) is 1.14. The Morgan fingerprint density at radius 3 is 2.52 bits per heavy atom. The van der Waals surface area contributed by atoms with Crippen molar-refractivity contribution in [2.75, 3.05) is 32.1 Å². The van der Waals surface area contributed by atoms with Crippen LogP contribution in [0, 0.1) is 0 Å². The van der Waals surface area contributed by atoms with Gasteiger partial charge in [0.05, 0.1) is 6.61 Å². The van der Waals surface area contributed by atoms with E-state index < -0.39 is 0 Å². The zero-order chi connectivity index (χ0) is 16.1. The maximum Gasteiger partial charge on any atom is 0.222 e. The molecule has 124 valence electrons. The second-order valence-corrected chi connectivity index (χ2v) is 8.52. The van der Waals surface area contributed by atoms with E-state index in [0.29, 0.717) is 32.7 Å². The molecule has 0 aromatic carbocycles. The normalized spacial score (nSPS) is 11.2. The molecule has 0 saturated heterocycles. The van der Waals surface area contributed by atoms with Gasteiger partial charge in [-0.2, -0.15) is 0 Å². The fraction of sp³-hybridized carbons (Fsp3) is 0.857. The lowest BCUT2D eigenvalue weighted by atomic mass is 10.2. The highest BCUT2D eigenvalue weighted by Crippen LogP contribution is 2.34. The molecule has 0 spiro atoms. The van der Waals surface area contributed by atoms with E-state index in [2.05, 4.69) is 31.4 Å². The fourth-order valence-electron chi connectivity index (χ4n) is 1.35. The molecule has 0 bridgehead atoms. The van der Waals surface area contributed by atoms with Crippen LogP contribution in [0.1, 0.15) is 40.5 Å². The Morgan fingerprint density at radius 2 is 1.90 bits per heavy atom. The lowest BCUT2D eigenvalue weighted by molar-refractivity contribution is -0.122. The number of amides is 2. The predicted octanol–water partition coefficient (Wildman–Crippen LogP) is 2.22. The van der Waals surface area contributed by atoms with Gasteiger partial charge >= 0.3 is 0 Å². The summed E-state index contributed by atoms with van der Waals surface area (Å²) in [5, 5.41) is 5.64. The molecule has 0 atom stereocenters. The summed E-state index contributed by atoms with van der Waals surface area (Å²) in [6.45, 7) is 10.1. The molecule has 0 unspecified atom stereocenters. The molecule has 0 heterocycles. The van der Waals surface area contributed by atoms with Gasteiger partial charge in [-0.25, -0.2) is 0 Å². The van der Waals surface area contributed by atoms with Gasteiger partial charge in [0.1, 0.15) is 0 Å². The van der Waals surface area contributed by atoms with Crippen LogP contribution in [0.15, 0.2) is 0 Å². The summed E-state index contributed by atoms with van der Waals surface area (Å²) >= 11 is 0. The minimum Gasteiger partial charge on any atom is -0.381 e. The summed E-state index contributed by atoms with van der Waals surface area (Å²) in [6, 6.07) is 0. The van der Waals surface area contributed by atoms with Crippen molar-refractivity contribution >= 4 is 33.4 Å². The van der Waals surface area contributed by atoms with Crippen LogP contribution in [0.3, 0.4) is 0 Å². The number of hydrogen-bond donors (Lipinski definition) is 2. The minimum absolute atomic E-state index is 0.0204. The SMILES string of the molecule is CCSSC(C)(C)CNC(=O)CCOCCCNC(C)=O. The van der Waals surface area contributed by atoms with Crippen LogP contribution in [-0.4, -0.2) is 48.6 Å². The van der Waals surface area contributed by atoms with E-state index in [0.717, 1.165) is 12.2 Å². The molecule has 5 nitrogen and oxygen atoms in total. The van der Waals surface area contributed by atoms with Crippen LogP contribution >= 0.6 is 21.6 Å². The molecule has 7 heteroatoms. The van der Waals surface area contributed by atoms with Crippen LogP contribution in [-0.2, 0) is 14.3 Å². The molecule has 0 aliphatic carbocycles. The maximum absolute atomic E-state index is 11.7. The topological polar surface area (TPSA) is 67.4 Å². The highest BCUT2D eigenvalue weighted by atomic mass is 33.1. The van der Waals surface area contributed by atoms with E-state index in [-0.39, 0.29) is 16.6 Å². The summed E-state index contributed by atoms with van der Waals surface area (Å²) in [4.78, 5) is 22.3. The number of ether oxygens (including phenoxy) is 1. The van der Waals surface area contributed by atoms with E-state index in [1.165, 1.54) is 6.92 Å². The molecule has 0 aliphatic heterocycles. The van der Waals surface area contributed by atoms with Crippen LogP contribution in [0.5, 0.6) is 0 Å². The second-order valence-electron chi connectivity index (χ2n) is 5.23. The Morgan fingerprint density at radius 1 is 1.19 bits per heavy atom. The number of carbonyl (C=O) groups excluding carboxylic acids is 2. The Hall–Kier alpha value is -0.400. The standard InChI is InChI=1S/C14H28N2O3S2/c1-5-20-21-14(3,4)11-16-13(18)7-10-19-9-6-8-15-12(2)17/h5-11H2,1-4H3,(H,15,17)(H,16,18). The highest BCUT2D eigenvalue weighted by Gasteiger charge is 2.19. The molecule has 21 heavy (non-hydrogen) atoms. The third-order valence-corrected chi connectivity index (χ3v) is 5.79. The third kappa shape index (κ3) is 14.3. The fourth-order valence-corrected chi connectivity index (χ4v) is 3.41. The van der Waals surface area contributed by atoms with Gasteiger partial charge in [-0.1, -0.05) is 28.5 Å². The molecular formula is C14H28N2O3S2. The Balaban J connectivity index is 3.52. The van der Waals surface area contributed by atoms with Crippen molar-refractivity contribution in [2.24, 2.45) is 0 Å². The summed E-state index contributed by atoms with van der Waals surface area (Å²) in [5.74, 6) is 1.05. The van der Waals surface area contributed by atoms with Crippen LogP contribution in [0.4, 0.5) is 0 Å². The van der Waals surface area contributed by atoms with Crippen molar-refractivity contribution in [3.8, 4) is 0 Å². The predicted molar refractivity (Wildman–Crippen MR) is 91.5 cm³/mol. The van der Waals surface area contributed by atoms with Crippen molar-refractivity contribution in [1.82, 2.24) is 10.6 Å². The summed E-state index contributed by atoms with van der Waals surface area (Å²) in [5.41, 5.74) is 0. The number of nitrogens with one attached hydrogen (secondary N) is 2. The minimum atomic E-state index is -0.0314. The van der Waals surface area contributed by atoms with Crippen LogP contribution in [0.2, 0.25) is 0 Å². The van der Waals surface area contributed by atoms with Gasteiger partial charge in [0.2, 0.25) is 11.8 Å². The van der Waals surface area contributed by atoms with E-state index >= 15 is 0 Å². The number of carbonyl (C=O) groups is 2. The maximum atomic E-state index is 11.7. The van der Waals surface area contributed by atoms with Gasteiger partial charge < -0.3 is 15.4 Å². The summed E-state index contributed by atoms with van der Waals surface area (Å²) in [7, 11) is 3.61. The van der Waals surface area contributed by atoms with Gasteiger partial charge in [-0.05, 0) is 20.3 Å². The highest BCUT2D eigenvalue weighted by molar-refractivity contribution is 8.77. The quantitative estimate of drug-likeness (QED) is 0.422. The monoisotopic (exact) mass is 336 g/mol. The molecule has 0 radical (unpaired) electrons. The van der Waals surface area contributed by atoms with E-state index in [1.807, 2.05) is 10.8 Å². The second kappa shape index (κ2) is 12.2. The van der Waals surface area contributed by atoms with E-state index in [4.69, 9.17) is 4.74 Å². The van der Waals surface area contributed by atoms with Crippen LogP contribution in [0.25, 0.3) is 0 Å². The average molecular weight is 337 g/mol. The summed E-state index contributed by atoms with van der Waals surface area (Å²) < 4.78 is 5.40.